The summed E-state index contributed by atoms with van der Waals surface area (Å²) >= 11 is 0. The summed E-state index contributed by atoms with van der Waals surface area (Å²) in [6.07, 6.45) is 3.55. The van der Waals surface area contributed by atoms with Gasteiger partial charge in [0.1, 0.15) is 5.82 Å². The molecule has 1 saturated heterocycles. The lowest BCUT2D eigenvalue weighted by molar-refractivity contribution is -0.134. The minimum Gasteiger partial charge on any atom is -0.467 e. The van der Waals surface area contributed by atoms with Crippen molar-refractivity contribution in [3.63, 3.8) is 0 Å². The van der Waals surface area contributed by atoms with E-state index in [0.29, 0.717) is 18.9 Å². The van der Waals surface area contributed by atoms with E-state index >= 15 is 0 Å². The van der Waals surface area contributed by atoms with Crippen LogP contribution in [0, 0.1) is 18.7 Å². The number of likely N-dealkylation sites (tertiary alicyclic amines) is 1. The molecule has 0 aromatic carbocycles. The molecule has 11 nitrogen and oxygen atoms in total. The van der Waals surface area contributed by atoms with Gasteiger partial charge in [0.15, 0.2) is 5.82 Å². The first-order chi connectivity index (χ1) is 16.8. The van der Waals surface area contributed by atoms with Crippen LogP contribution in [0.15, 0.2) is 12.3 Å². The maximum Gasteiger partial charge on any atom is 0.316 e. The van der Waals surface area contributed by atoms with E-state index in [0.717, 1.165) is 48.1 Å². The van der Waals surface area contributed by atoms with E-state index in [1.165, 1.54) is 11.9 Å². The fourth-order valence-electron chi connectivity index (χ4n) is 4.97. The van der Waals surface area contributed by atoms with Gasteiger partial charge in [0.2, 0.25) is 11.7 Å². The highest BCUT2D eigenvalue weighted by Gasteiger charge is 2.36. The number of rotatable bonds is 4. The molecule has 3 aromatic heterocycles. The molecule has 2 aliphatic heterocycles. The Morgan fingerprint density at radius 2 is 2.14 bits per heavy atom. The summed E-state index contributed by atoms with van der Waals surface area (Å²) in [7, 11) is 3.15. The summed E-state index contributed by atoms with van der Waals surface area (Å²) in [5.74, 6) is 0.202. The second-order valence-corrected chi connectivity index (χ2v) is 9.17. The van der Waals surface area contributed by atoms with Crippen molar-refractivity contribution in [1.82, 2.24) is 40.1 Å². The van der Waals surface area contributed by atoms with Crippen molar-refractivity contribution in [3.8, 4) is 17.4 Å². The standard InChI is InChI=1S/C23H28FN9O2/c1-12(19-17(24)10-25-23(28-19)35-4)22(34)33-8-7-18-15(11-33)6-5-14-9-16(13(2)26-20(14)27-18)21-29-31-32(3)30-21/h9-10,12,15,18H,5-8,11H2,1-4H3,(H,26,27)/t12-,15+,18-/m0/s1. The predicted octanol–water partition coefficient (Wildman–Crippen LogP) is 1.90. The van der Waals surface area contributed by atoms with Crippen LogP contribution in [-0.2, 0) is 18.3 Å². The SMILES string of the molecule is COc1ncc(F)c([C@H](C)C(=O)N2CC[C@@H]3Nc4nc(C)c(-c5nnn(C)n5)cc4CC[C@@H]3C2)n1. The minimum atomic E-state index is -0.731. The van der Waals surface area contributed by atoms with Gasteiger partial charge in [-0.05, 0) is 55.9 Å². The van der Waals surface area contributed by atoms with Crippen molar-refractivity contribution in [2.75, 3.05) is 25.5 Å². The van der Waals surface area contributed by atoms with E-state index in [1.807, 2.05) is 11.8 Å². The first-order valence-electron chi connectivity index (χ1n) is 11.7. The largest absolute Gasteiger partial charge is 0.467 e. The number of hydrogen-bond donors (Lipinski definition) is 1. The Hall–Kier alpha value is -3.70. The van der Waals surface area contributed by atoms with Crippen LogP contribution >= 0.6 is 0 Å². The Labute approximate surface area is 202 Å². The molecule has 35 heavy (non-hydrogen) atoms. The van der Waals surface area contributed by atoms with E-state index in [9.17, 15) is 9.18 Å². The molecule has 0 aliphatic carbocycles. The molecule has 0 saturated carbocycles. The predicted molar refractivity (Wildman–Crippen MR) is 124 cm³/mol. The number of fused-ring (bicyclic) bond motifs is 2. The lowest BCUT2D eigenvalue weighted by Gasteiger charge is -2.39. The number of piperidine rings is 1. The molecule has 0 radical (unpaired) electrons. The Bertz CT molecular complexity index is 1260. The van der Waals surface area contributed by atoms with Crippen LogP contribution in [-0.4, -0.2) is 72.2 Å². The number of carbonyl (C=O) groups excluding carboxylic acids is 1. The smallest absolute Gasteiger partial charge is 0.316 e. The van der Waals surface area contributed by atoms with Gasteiger partial charge in [-0.3, -0.25) is 4.79 Å². The summed E-state index contributed by atoms with van der Waals surface area (Å²) < 4.78 is 19.4. The van der Waals surface area contributed by atoms with Crippen LogP contribution in [0.4, 0.5) is 10.2 Å². The highest BCUT2D eigenvalue weighted by molar-refractivity contribution is 5.83. The van der Waals surface area contributed by atoms with Gasteiger partial charge in [0, 0.05) is 24.7 Å². The van der Waals surface area contributed by atoms with Gasteiger partial charge in [0.05, 0.1) is 37.7 Å². The van der Waals surface area contributed by atoms with Crippen molar-refractivity contribution < 1.29 is 13.9 Å². The van der Waals surface area contributed by atoms with Gasteiger partial charge >= 0.3 is 6.01 Å². The van der Waals surface area contributed by atoms with Crippen LogP contribution in [0.2, 0.25) is 0 Å². The first-order valence-corrected chi connectivity index (χ1v) is 11.7. The third-order valence-electron chi connectivity index (χ3n) is 6.91. The number of aryl methyl sites for hydroxylation is 3. The number of hydrogen-bond acceptors (Lipinski definition) is 9. The average Bonchev–Trinajstić information content (AvgIpc) is 3.20. The van der Waals surface area contributed by atoms with E-state index in [1.54, 1.807) is 14.0 Å². The topological polar surface area (TPSA) is 124 Å². The number of tetrazole rings is 1. The maximum atomic E-state index is 14.4. The number of nitrogens with zero attached hydrogens (tertiary/aromatic N) is 8. The van der Waals surface area contributed by atoms with Gasteiger partial charge in [-0.15, -0.1) is 10.2 Å². The number of carbonyl (C=O) groups is 1. The molecular formula is C23H28FN9O2. The lowest BCUT2D eigenvalue weighted by Crippen LogP contribution is -2.49. The number of ether oxygens (including phenoxy) is 1. The Kier molecular flexibility index (Phi) is 6.03. The maximum absolute atomic E-state index is 14.4. The second kappa shape index (κ2) is 9.16. The summed E-state index contributed by atoms with van der Waals surface area (Å²) in [6.45, 7) is 4.79. The molecule has 3 aromatic rings. The number of halogens is 1. The summed E-state index contributed by atoms with van der Waals surface area (Å²) in [5.41, 5.74) is 2.87. The molecule has 2 aliphatic rings. The molecular weight excluding hydrogens is 453 g/mol. The minimum absolute atomic E-state index is 0.0457. The van der Waals surface area contributed by atoms with Crippen molar-refractivity contribution >= 4 is 11.7 Å². The zero-order valence-corrected chi connectivity index (χ0v) is 20.2. The summed E-state index contributed by atoms with van der Waals surface area (Å²) in [5, 5.41) is 16.0. The van der Waals surface area contributed by atoms with Crippen LogP contribution in [0.1, 0.15) is 42.6 Å². The number of aromatic nitrogens is 7. The first kappa shape index (κ1) is 23.1. The highest BCUT2D eigenvalue weighted by atomic mass is 19.1. The average molecular weight is 482 g/mol. The van der Waals surface area contributed by atoms with Gasteiger partial charge < -0.3 is 15.0 Å². The van der Waals surface area contributed by atoms with Crippen LogP contribution in [0.3, 0.4) is 0 Å². The zero-order chi connectivity index (χ0) is 24.7. The van der Waals surface area contributed by atoms with E-state index < -0.39 is 11.7 Å². The molecule has 0 bridgehead atoms. The fraction of sp³-hybridized carbons (Fsp3) is 0.522. The van der Waals surface area contributed by atoms with Gasteiger partial charge in [-0.25, -0.2) is 14.4 Å². The number of methoxy groups -OCH3 is 1. The van der Waals surface area contributed by atoms with E-state index in [2.05, 4.69) is 36.8 Å². The third-order valence-corrected chi connectivity index (χ3v) is 6.91. The second-order valence-electron chi connectivity index (χ2n) is 9.17. The quantitative estimate of drug-likeness (QED) is 0.595. The van der Waals surface area contributed by atoms with Crippen LogP contribution in [0.5, 0.6) is 6.01 Å². The van der Waals surface area contributed by atoms with Gasteiger partial charge in [0.25, 0.3) is 0 Å². The van der Waals surface area contributed by atoms with Crippen molar-refractivity contribution in [2.24, 2.45) is 13.0 Å². The van der Waals surface area contributed by atoms with E-state index in [-0.39, 0.29) is 29.6 Å². The highest BCUT2D eigenvalue weighted by Crippen LogP contribution is 2.34. The molecule has 1 fully saturated rings. The van der Waals surface area contributed by atoms with Crippen molar-refractivity contribution in [2.45, 2.75) is 45.1 Å². The van der Waals surface area contributed by atoms with Gasteiger partial charge in [-0.2, -0.15) is 9.78 Å². The number of anilines is 1. The van der Waals surface area contributed by atoms with Crippen molar-refractivity contribution in [3.05, 3.63) is 35.0 Å². The zero-order valence-electron chi connectivity index (χ0n) is 20.2. The lowest BCUT2D eigenvalue weighted by atomic mass is 9.88. The Morgan fingerprint density at radius 3 is 2.89 bits per heavy atom. The molecule has 12 heteroatoms. The molecule has 0 unspecified atom stereocenters. The Morgan fingerprint density at radius 1 is 1.31 bits per heavy atom. The monoisotopic (exact) mass is 481 g/mol. The molecule has 3 atom stereocenters. The number of amides is 1. The van der Waals surface area contributed by atoms with E-state index in [4.69, 9.17) is 9.72 Å². The normalized spacial score (nSPS) is 20.3. The van der Waals surface area contributed by atoms with Gasteiger partial charge in [-0.1, -0.05) is 0 Å². The molecule has 184 valence electrons. The summed E-state index contributed by atoms with van der Waals surface area (Å²) in [6, 6.07) is 2.35. The number of nitrogens with one attached hydrogen (secondary N) is 1. The molecule has 1 N–H and O–H groups in total. The summed E-state index contributed by atoms with van der Waals surface area (Å²) in [4.78, 5) is 29.2. The number of pyridine rings is 1. The van der Waals surface area contributed by atoms with Crippen molar-refractivity contribution in [1.29, 1.82) is 0 Å². The third kappa shape index (κ3) is 4.40. The molecule has 5 rings (SSSR count). The molecule has 0 spiro atoms. The molecule has 1 amide bonds. The van der Waals surface area contributed by atoms with Crippen LogP contribution in [0.25, 0.3) is 11.4 Å². The Balaban J connectivity index is 1.32. The fourth-order valence-corrected chi connectivity index (χ4v) is 4.97. The molecule has 5 heterocycles. The van der Waals surface area contributed by atoms with Crippen LogP contribution < -0.4 is 10.1 Å².